The largest absolute Gasteiger partial charge is 0.489 e. The van der Waals surface area contributed by atoms with Crippen molar-refractivity contribution in [3.05, 3.63) is 28.2 Å². The molecule has 2 rings (SSSR count). The van der Waals surface area contributed by atoms with Crippen LogP contribution in [0.1, 0.15) is 12.0 Å². The standard InChI is InChI=1S/C12H16BrNOS/c1-9-7-10(3-4-12(9)13)15-11-5-6-16-14(2)8-11/h3-4,7,11H,5-6,8H2,1-2H3. The van der Waals surface area contributed by atoms with Crippen molar-refractivity contribution in [1.29, 1.82) is 0 Å². The molecule has 0 aromatic heterocycles. The van der Waals surface area contributed by atoms with Crippen LogP contribution in [-0.4, -0.2) is 29.8 Å². The average molecular weight is 302 g/mol. The Morgan fingerprint density at radius 1 is 1.50 bits per heavy atom. The van der Waals surface area contributed by atoms with E-state index in [9.17, 15) is 0 Å². The van der Waals surface area contributed by atoms with Gasteiger partial charge in [0.05, 0.1) is 0 Å². The van der Waals surface area contributed by atoms with Crippen LogP contribution in [0.3, 0.4) is 0 Å². The van der Waals surface area contributed by atoms with Crippen molar-refractivity contribution < 1.29 is 4.74 Å². The van der Waals surface area contributed by atoms with E-state index in [0.29, 0.717) is 6.10 Å². The predicted octanol–water partition coefficient (Wildman–Crippen LogP) is 3.49. The first-order valence-electron chi connectivity index (χ1n) is 5.42. The van der Waals surface area contributed by atoms with Crippen LogP contribution in [0.25, 0.3) is 0 Å². The first kappa shape index (κ1) is 12.3. The minimum Gasteiger partial charge on any atom is -0.489 e. The first-order valence-corrected chi connectivity index (χ1v) is 7.15. The Hall–Kier alpha value is -0.190. The molecule has 16 heavy (non-hydrogen) atoms. The van der Waals surface area contributed by atoms with Gasteiger partial charge in [-0.1, -0.05) is 27.9 Å². The quantitative estimate of drug-likeness (QED) is 0.776. The third kappa shape index (κ3) is 3.15. The zero-order valence-corrected chi connectivity index (χ0v) is 12.0. The molecule has 1 aromatic rings. The van der Waals surface area contributed by atoms with Crippen LogP contribution in [0, 0.1) is 6.92 Å². The second-order valence-electron chi connectivity index (χ2n) is 4.08. The summed E-state index contributed by atoms with van der Waals surface area (Å²) in [5.74, 6) is 2.13. The van der Waals surface area contributed by atoms with Crippen LogP contribution in [-0.2, 0) is 0 Å². The number of hydrogen-bond acceptors (Lipinski definition) is 3. The van der Waals surface area contributed by atoms with Crippen molar-refractivity contribution in [3.63, 3.8) is 0 Å². The Labute approximate surface area is 110 Å². The Morgan fingerprint density at radius 3 is 3.00 bits per heavy atom. The van der Waals surface area contributed by atoms with Gasteiger partial charge in [0.25, 0.3) is 0 Å². The second kappa shape index (κ2) is 5.43. The molecule has 1 aliphatic rings. The summed E-state index contributed by atoms with van der Waals surface area (Å²) in [4.78, 5) is 0. The van der Waals surface area contributed by atoms with Crippen LogP contribution in [0.15, 0.2) is 22.7 Å². The molecule has 1 aliphatic heterocycles. The Morgan fingerprint density at radius 2 is 2.31 bits per heavy atom. The Bertz CT molecular complexity index is 372. The lowest BCUT2D eigenvalue weighted by Gasteiger charge is -2.29. The van der Waals surface area contributed by atoms with Gasteiger partial charge in [0.15, 0.2) is 0 Å². The third-order valence-corrected chi connectivity index (χ3v) is 4.54. The summed E-state index contributed by atoms with van der Waals surface area (Å²) in [6, 6.07) is 6.16. The van der Waals surface area contributed by atoms with Gasteiger partial charge in [0, 0.05) is 16.8 Å². The highest BCUT2D eigenvalue weighted by Crippen LogP contribution is 2.25. The SMILES string of the molecule is Cc1cc(OC2CCSN(C)C2)ccc1Br. The fraction of sp³-hybridized carbons (Fsp3) is 0.500. The molecule has 88 valence electrons. The summed E-state index contributed by atoms with van der Waals surface area (Å²) in [6.45, 7) is 3.08. The molecule has 1 unspecified atom stereocenters. The number of nitrogens with zero attached hydrogens (tertiary/aromatic N) is 1. The van der Waals surface area contributed by atoms with Gasteiger partial charge in [-0.2, -0.15) is 0 Å². The summed E-state index contributed by atoms with van der Waals surface area (Å²) in [5.41, 5.74) is 1.22. The topological polar surface area (TPSA) is 12.5 Å². The molecule has 0 N–H and O–H groups in total. The molecule has 1 fully saturated rings. The molecule has 1 heterocycles. The number of hydrogen-bond donors (Lipinski definition) is 0. The van der Waals surface area contributed by atoms with E-state index in [0.717, 1.165) is 28.9 Å². The van der Waals surface area contributed by atoms with E-state index >= 15 is 0 Å². The van der Waals surface area contributed by atoms with Crippen molar-refractivity contribution in [2.24, 2.45) is 0 Å². The summed E-state index contributed by atoms with van der Waals surface area (Å²) in [6.07, 6.45) is 1.45. The highest BCUT2D eigenvalue weighted by molar-refractivity contribution is 9.10. The molecule has 2 nitrogen and oxygen atoms in total. The zero-order valence-electron chi connectivity index (χ0n) is 9.57. The van der Waals surface area contributed by atoms with Gasteiger partial charge >= 0.3 is 0 Å². The van der Waals surface area contributed by atoms with Crippen molar-refractivity contribution in [3.8, 4) is 5.75 Å². The van der Waals surface area contributed by atoms with E-state index in [1.165, 1.54) is 5.56 Å². The molecule has 0 aliphatic carbocycles. The maximum Gasteiger partial charge on any atom is 0.120 e. The number of likely N-dealkylation sites (N-methyl/N-ethyl adjacent to an activating group) is 1. The highest BCUT2D eigenvalue weighted by atomic mass is 79.9. The van der Waals surface area contributed by atoms with Crippen molar-refractivity contribution in [1.82, 2.24) is 4.31 Å². The lowest BCUT2D eigenvalue weighted by molar-refractivity contribution is 0.171. The van der Waals surface area contributed by atoms with E-state index in [1.54, 1.807) is 0 Å². The minimum absolute atomic E-state index is 0.326. The fourth-order valence-electron chi connectivity index (χ4n) is 1.75. The number of halogens is 1. The van der Waals surface area contributed by atoms with Crippen molar-refractivity contribution in [2.75, 3.05) is 19.3 Å². The molecule has 4 heteroatoms. The van der Waals surface area contributed by atoms with Crippen LogP contribution < -0.4 is 4.74 Å². The number of ether oxygens (including phenoxy) is 1. The van der Waals surface area contributed by atoms with E-state index in [4.69, 9.17) is 4.74 Å². The number of benzene rings is 1. The fourth-order valence-corrected chi connectivity index (χ4v) is 2.95. The van der Waals surface area contributed by atoms with Gasteiger partial charge in [0.2, 0.25) is 0 Å². The molecule has 0 radical (unpaired) electrons. The van der Waals surface area contributed by atoms with Crippen molar-refractivity contribution >= 4 is 27.9 Å². The maximum atomic E-state index is 5.99. The Balaban J connectivity index is 2.00. The summed E-state index contributed by atoms with van der Waals surface area (Å²) in [5, 5.41) is 0. The smallest absolute Gasteiger partial charge is 0.120 e. The van der Waals surface area contributed by atoms with Gasteiger partial charge in [-0.15, -0.1) is 0 Å². The van der Waals surface area contributed by atoms with Gasteiger partial charge in [0.1, 0.15) is 11.9 Å². The second-order valence-corrected chi connectivity index (χ2v) is 6.23. The monoisotopic (exact) mass is 301 g/mol. The normalized spacial score (nSPS) is 22.1. The summed E-state index contributed by atoms with van der Waals surface area (Å²) in [7, 11) is 2.12. The third-order valence-electron chi connectivity index (χ3n) is 2.64. The maximum absolute atomic E-state index is 5.99. The zero-order chi connectivity index (χ0) is 11.5. The average Bonchev–Trinajstić information content (AvgIpc) is 2.24. The van der Waals surface area contributed by atoms with Gasteiger partial charge < -0.3 is 4.74 Å². The highest BCUT2D eigenvalue weighted by Gasteiger charge is 2.19. The first-order chi connectivity index (χ1) is 7.65. The minimum atomic E-state index is 0.326. The van der Waals surface area contributed by atoms with Crippen LogP contribution >= 0.6 is 27.9 Å². The molecular formula is C12H16BrNOS. The molecule has 0 amide bonds. The molecular weight excluding hydrogens is 286 g/mol. The molecule has 1 atom stereocenters. The van der Waals surface area contributed by atoms with E-state index in [2.05, 4.69) is 40.3 Å². The van der Waals surface area contributed by atoms with Gasteiger partial charge in [-0.25, -0.2) is 4.31 Å². The predicted molar refractivity (Wildman–Crippen MR) is 73.0 cm³/mol. The van der Waals surface area contributed by atoms with E-state index in [1.807, 2.05) is 24.1 Å². The lowest BCUT2D eigenvalue weighted by atomic mass is 10.2. The Kier molecular flexibility index (Phi) is 4.16. The lowest BCUT2D eigenvalue weighted by Crippen LogP contribution is -2.34. The molecule has 0 bridgehead atoms. The van der Waals surface area contributed by atoms with Crippen molar-refractivity contribution in [2.45, 2.75) is 19.4 Å². The van der Waals surface area contributed by atoms with Crippen LogP contribution in [0.5, 0.6) is 5.75 Å². The van der Waals surface area contributed by atoms with Gasteiger partial charge in [-0.05, 0) is 44.2 Å². The van der Waals surface area contributed by atoms with Gasteiger partial charge in [-0.3, -0.25) is 0 Å². The number of aryl methyl sites for hydroxylation is 1. The van der Waals surface area contributed by atoms with Crippen LogP contribution in [0.4, 0.5) is 0 Å². The molecule has 0 spiro atoms. The molecule has 0 saturated carbocycles. The number of rotatable bonds is 2. The summed E-state index contributed by atoms with van der Waals surface area (Å²) < 4.78 is 9.37. The molecule has 1 aromatic carbocycles. The van der Waals surface area contributed by atoms with E-state index in [-0.39, 0.29) is 0 Å². The molecule has 1 saturated heterocycles. The van der Waals surface area contributed by atoms with E-state index < -0.39 is 0 Å². The van der Waals surface area contributed by atoms with Crippen LogP contribution in [0.2, 0.25) is 0 Å². The summed E-state index contributed by atoms with van der Waals surface area (Å²) >= 11 is 5.38.